The van der Waals surface area contributed by atoms with Crippen LogP contribution in [0.25, 0.3) is 0 Å². The molecule has 284 valence electrons. The first-order chi connectivity index (χ1) is 23.7. The van der Waals surface area contributed by atoms with Gasteiger partial charge in [-0.05, 0) is 59.2 Å². The Morgan fingerprint density at radius 1 is 0.863 bits per heavy atom. The molecule has 0 aromatic carbocycles. The van der Waals surface area contributed by atoms with Crippen molar-refractivity contribution in [2.24, 2.45) is 45.7 Å². The Morgan fingerprint density at radius 2 is 1.47 bits per heavy atom. The van der Waals surface area contributed by atoms with Crippen LogP contribution in [0.1, 0.15) is 119 Å². The molecule has 51 heavy (non-hydrogen) atoms. The highest BCUT2D eigenvalue weighted by atomic mass is 16.2. The van der Waals surface area contributed by atoms with E-state index in [1.54, 1.807) is 4.90 Å². The van der Waals surface area contributed by atoms with Crippen molar-refractivity contribution in [3.63, 3.8) is 0 Å². The van der Waals surface area contributed by atoms with Crippen molar-refractivity contribution in [3.05, 3.63) is 0 Å². The lowest BCUT2D eigenvalue weighted by molar-refractivity contribution is -0.153. The van der Waals surface area contributed by atoms with E-state index in [1.165, 1.54) is 4.90 Å². The average Bonchev–Trinajstić information content (AvgIpc) is 3.31. The number of carbonyl (C=O) groups excluding carboxylic acids is 7. The Morgan fingerprint density at radius 3 is 2.00 bits per heavy atom. The summed E-state index contributed by atoms with van der Waals surface area (Å²) in [5, 5.41) is 8.81. The van der Waals surface area contributed by atoms with Crippen LogP contribution in [0, 0.1) is 39.9 Å². The lowest BCUT2D eigenvalue weighted by Crippen LogP contribution is -2.62. The van der Waals surface area contributed by atoms with E-state index in [2.05, 4.69) is 29.8 Å². The second-order valence-corrected chi connectivity index (χ2v) is 18.5. The Labute approximate surface area is 302 Å². The number of fused-ring (bicyclic) bond motifs is 1. The molecule has 0 aromatic rings. The summed E-state index contributed by atoms with van der Waals surface area (Å²) in [5.74, 6) is -3.26. The second-order valence-electron chi connectivity index (χ2n) is 18.5. The van der Waals surface area contributed by atoms with E-state index in [0.29, 0.717) is 13.0 Å². The normalized spacial score (nSPS) is 27.8. The zero-order chi connectivity index (χ0) is 37.6. The molecule has 5 rings (SSSR count). The largest absolute Gasteiger partial charge is 0.363 e. The SMILES string of the molecule is CC1(C)CC(=O)N(C[C@@H](NC(=O)N[C@H](C(=O)N2C[C@H]3[C@@H]([C@H]2C(=O)NC(CC2CCC2)C(=O)C(N)=O)C3(C)C)C2CCCCC2)C(C)(C)C)C(=O)C1. The number of likely N-dealkylation sites (tertiary alicyclic amines) is 2. The zero-order valence-electron chi connectivity index (χ0n) is 31.6. The maximum Gasteiger partial charge on any atom is 0.315 e. The number of ketones is 1. The maximum absolute atomic E-state index is 14.6. The maximum atomic E-state index is 14.6. The highest BCUT2D eigenvalue weighted by molar-refractivity contribution is 6.37. The van der Waals surface area contributed by atoms with Gasteiger partial charge in [-0.2, -0.15) is 0 Å². The average molecular weight is 713 g/mol. The molecule has 2 heterocycles. The number of urea groups is 1. The number of nitrogens with one attached hydrogen (secondary N) is 3. The minimum atomic E-state index is -1.09. The Balaban J connectivity index is 1.34. The number of piperidine rings is 2. The summed E-state index contributed by atoms with van der Waals surface area (Å²) in [6, 6.07) is -3.98. The van der Waals surface area contributed by atoms with Gasteiger partial charge in [-0.1, -0.05) is 87.0 Å². The molecular formula is C38H60N6O7. The summed E-state index contributed by atoms with van der Waals surface area (Å²) in [6.07, 6.45) is 8.02. The number of carbonyl (C=O) groups is 7. The molecule has 1 unspecified atom stereocenters. The van der Waals surface area contributed by atoms with E-state index in [-0.39, 0.29) is 66.2 Å². The second kappa shape index (κ2) is 14.5. The quantitative estimate of drug-likeness (QED) is 0.177. The van der Waals surface area contributed by atoms with Crippen molar-refractivity contribution in [2.75, 3.05) is 13.1 Å². The van der Waals surface area contributed by atoms with Crippen LogP contribution in [0.15, 0.2) is 0 Å². The van der Waals surface area contributed by atoms with Gasteiger partial charge in [0.1, 0.15) is 12.1 Å². The van der Waals surface area contributed by atoms with Crippen LogP contribution in [-0.2, 0) is 28.8 Å². The Hall–Kier alpha value is -3.51. The Bertz CT molecular complexity index is 1410. The molecule has 5 N–H and O–H groups in total. The predicted octanol–water partition coefficient (Wildman–Crippen LogP) is 3.04. The number of Topliss-reactive ketones (excluding diaryl/α,β-unsaturated/α-hetero) is 1. The lowest BCUT2D eigenvalue weighted by atomic mass is 9.80. The number of imide groups is 1. The summed E-state index contributed by atoms with van der Waals surface area (Å²) in [5.41, 5.74) is 4.23. The molecular weight excluding hydrogens is 652 g/mol. The van der Waals surface area contributed by atoms with Crippen molar-refractivity contribution < 1.29 is 33.6 Å². The molecule has 3 aliphatic carbocycles. The van der Waals surface area contributed by atoms with E-state index in [4.69, 9.17) is 5.73 Å². The molecule has 5 aliphatic rings. The molecule has 2 saturated heterocycles. The topological polar surface area (TPSA) is 188 Å². The number of nitrogens with two attached hydrogens (primary N) is 1. The van der Waals surface area contributed by atoms with Crippen LogP contribution in [0.2, 0.25) is 0 Å². The Kier molecular flexibility index (Phi) is 11.0. The van der Waals surface area contributed by atoms with Gasteiger partial charge in [0.05, 0.1) is 12.1 Å². The third kappa shape index (κ3) is 8.43. The van der Waals surface area contributed by atoms with Crippen molar-refractivity contribution >= 4 is 41.4 Å². The van der Waals surface area contributed by atoms with E-state index in [9.17, 15) is 33.6 Å². The van der Waals surface area contributed by atoms with Crippen LogP contribution in [0.5, 0.6) is 0 Å². The van der Waals surface area contributed by atoms with Gasteiger partial charge in [0.2, 0.25) is 29.4 Å². The lowest BCUT2D eigenvalue weighted by Gasteiger charge is -2.40. The summed E-state index contributed by atoms with van der Waals surface area (Å²) in [7, 11) is 0. The van der Waals surface area contributed by atoms with Crippen molar-refractivity contribution in [1.29, 1.82) is 0 Å². The fourth-order valence-electron chi connectivity index (χ4n) is 9.04. The number of amides is 7. The highest BCUT2D eigenvalue weighted by Crippen LogP contribution is 2.65. The van der Waals surface area contributed by atoms with Gasteiger partial charge in [0.15, 0.2) is 0 Å². The van der Waals surface area contributed by atoms with Gasteiger partial charge in [-0.3, -0.25) is 33.7 Å². The van der Waals surface area contributed by atoms with Gasteiger partial charge in [0.25, 0.3) is 5.91 Å². The molecule has 7 amide bonds. The first-order valence-electron chi connectivity index (χ1n) is 19.1. The molecule has 5 fully saturated rings. The predicted molar refractivity (Wildman–Crippen MR) is 189 cm³/mol. The standard InChI is InChI=1S/C38H60N6O7/c1-36(2,3)25(20-43-26(45)17-37(4,5)18-27(43)46)41-35(51)42-29(22-14-9-8-10-15-22)34(50)44-19-23-28(38(23,6)7)30(44)33(49)40-24(31(47)32(39)48)16-21-12-11-13-21/h21-25,28-30H,8-20H2,1-7H3,(H2,39,48)(H,40,49)(H2,41,42,51)/t23-,24?,25+,28-,29-,30-/m0/s1. The van der Waals surface area contributed by atoms with Crippen LogP contribution in [-0.4, -0.2) is 88.4 Å². The monoisotopic (exact) mass is 712 g/mol. The van der Waals surface area contributed by atoms with Gasteiger partial charge >= 0.3 is 6.03 Å². The molecule has 0 bridgehead atoms. The smallest absolute Gasteiger partial charge is 0.315 e. The fourth-order valence-corrected chi connectivity index (χ4v) is 9.04. The van der Waals surface area contributed by atoms with Crippen molar-refractivity contribution in [2.45, 2.75) is 143 Å². The third-order valence-corrected chi connectivity index (χ3v) is 12.7. The van der Waals surface area contributed by atoms with E-state index >= 15 is 0 Å². The summed E-state index contributed by atoms with van der Waals surface area (Å²) in [6.45, 7) is 14.1. The van der Waals surface area contributed by atoms with Crippen molar-refractivity contribution in [1.82, 2.24) is 25.8 Å². The summed E-state index contributed by atoms with van der Waals surface area (Å²) in [4.78, 5) is 96.2. The fraction of sp³-hybridized carbons (Fsp3) is 0.816. The van der Waals surface area contributed by atoms with Gasteiger partial charge < -0.3 is 26.6 Å². The third-order valence-electron chi connectivity index (χ3n) is 12.7. The summed E-state index contributed by atoms with van der Waals surface area (Å²) >= 11 is 0. The zero-order valence-corrected chi connectivity index (χ0v) is 31.6. The van der Waals surface area contributed by atoms with Gasteiger partial charge in [-0.15, -0.1) is 0 Å². The molecule has 2 aliphatic heterocycles. The number of rotatable bonds is 12. The first-order valence-corrected chi connectivity index (χ1v) is 19.1. The van der Waals surface area contributed by atoms with Crippen LogP contribution < -0.4 is 21.7 Å². The van der Waals surface area contributed by atoms with Crippen LogP contribution in [0.3, 0.4) is 0 Å². The van der Waals surface area contributed by atoms with Crippen LogP contribution >= 0.6 is 0 Å². The minimum absolute atomic E-state index is 0.0194. The van der Waals surface area contributed by atoms with Crippen molar-refractivity contribution in [3.8, 4) is 0 Å². The molecule has 3 saturated carbocycles. The van der Waals surface area contributed by atoms with Crippen LogP contribution in [0.4, 0.5) is 4.79 Å². The van der Waals surface area contributed by atoms with Gasteiger partial charge in [0, 0.05) is 25.9 Å². The molecule has 6 atom stereocenters. The molecule has 0 radical (unpaired) electrons. The molecule has 13 nitrogen and oxygen atoms in total. The van der Waals surface area contributed by atoms with E-state index in [1.807, 2.05) is 34.6 Å². The number of hydrogen-bond donors (Lipinski definition) is 4. The molecule has 13 heteroatoms. The molecule has 0 aromatic heterocycles. The first kappa shape index (κ1) is 38.7. The van der Waals surface area contributed by atoms with Gasteiger partial charge in [-0.25, -0.2) is 4.79 Å². The number of primary amides is 1. The molecule has 0 spiro atoms. The van der Waals surface area contributed by atoms with E-state index < -0.39 is 58.6 Å². The minimum Gasteiger partial charge on any atom is -0.363 e. The highest BCUT2D eigenvalue weighted by Gasteiger charge is 2.69. The van der Waals surface area contributed by atoms with E-state index in [0.717, 1.165) is 51.4 Å². The number of hydrogen-bond acceptors (Lipinski definition) is 7. The summed E-state index contributed by atoms with van der Waals surface area (Å²) < 4.78 is 0. The number of nitrogens with zero attached hydrogens (tertiary/aromatic N) is 2.